The van der Waals surface area contributed by atoms with Crippen LogP contribution in [0, 0.1) is 5.92 Å². The van der Waals surface area contributed by atoms with Crippen molar-refractivity contribution in [3.8, 4) is 0 Å². The highest BCUT2D eigenvalue weighted by Crippen LogP contribution is 2.30. The second kappa shape index (κ2) is 8.52. The molecule has 1 heterocycles. The Bertz CT molecular complexity index is 651. The molecule has 1 atom stereocenters. The Labute approximate surface area is 155 Å². The lowest BCUT2D eigenvalue weighted by molar-refractivity contribution is -0.155. The minimum Gasteiger partial charge on any atom is -0.460 e. The van der Waals surface area contributed by atoms with Crippen LogP contribution in [-0.2, 0) is 9.53 Å². The molecule has 1 saturated carbocycles. The van der Waals surface area contributed by atoms with Crippen LogP contribution in [0.1, 0.15) is 75.2 Å². The number of carbonyl (C=O) groups is 2. The number of rotatable bonds is 7. The zero-order valence-corrected chi connectivity index (χ0v) is 16.4. The van der Waals surface area contributed by atoms with E-state index in [-0.39, 0.29) is 29.9 Å². The fourth-order valence-electron chi connectivity index (χ4n) is 2.73. The molecule has 0 spiro atoms. The Morgan fingerprint density at radius 2 is 2.08 bits per heavy atom. The molecule has 0 radical (unpaired) electrons. The maximum Gasteiger partial charge on any atom is 0.307 e. The summed E-state index contributed by atoms with van der Waals surface area (Å²) < 4.78 is 11.0. The second-order valence-electron chi connectivity index (χ2n) is 8.11. The molecule has 2 rings (SSSR count). The van der Waals surface area contributed by atoms with Gasteiger partial charge >= 0.3 is 5.97 Å². The highest BCUT2D eigenvalue weighted by molar-refractivity contribution is 5.91. The van der Waals surface area contributed by atoms with E-state index in [1.54, 1.807) is 14.1 Å². The first kappa shape index (κ1) is 20.2. The van der Waals surface area contributed by atoms with E-state index in [4.69, 9.17) is 9.15 Å². The molecule has 1 aliphatic rings. The van der Waals surface area contributed by atoms with Crippen molar-refractivity contribution in [2.24, 2.45) is 5.92 Å². The third-order valence-corrected chi connectivity index (χ3v) is 4.31. The van der Waals surface area contributed by atoms with E-state index >= 15 is 0 Å². The number of hydrogen-bond donors (Lipinski definition) is 0. The Morgan fingerprint density at radius 3 is 2.62 bits per heavy atom. The number of aromatic nitrogens is 1. The monoisotopic (exact) mass is 362 g/mol. The largest absolute Gasteiger partial charge is 0.460 e. The summed E-state index contributed by atoms with van der Waals surface area (Å²) in [5.74, 6) is 0.288. The molecule has 144 valence electrons. The van der Waals surface area contributed by atoms with Gasteiger partial charge in [-0.15, -0.1) is 0 Å². The van der Waals surface area contributed by atoms with Crippen LogP contribution < -0.4 is 0 Å². The Balaban J connectivity index is 2.09. The molecule has 0 bridgehead atoms. The molecule has 1 amide bonds. The lowest BCUT2D eigenvalue weighted by Gasteiger charge is -2.22. The van der Waals surface area contributed by atoms with Crippen molar-refractivity contribution in [3.05, 3.63) is 30.0 Å². The molecule has 0 unspecified atom stereocenters. The first-order chi connectivity index (χ1) is 12.2. The smallest absolute Gasteiger partial charge is 0.307 e. The predicted octanol–water partition coefficient (Wildman–Crippen LogP) is 3.94. The normalized spacial score (nSPS) is 16.3. The van der Waals surface area contributed by atoms with Crippen molar-refractivity contribution in [3.63, 3.8) is 0 Å². The number of allylic oxidation sites excluding steroid dienone is 2. The SMILES string of the molecule is CN(C)C(=O)c1coc([C@H](CC=CC2CCC2)CC(=O)OC(C)(C)C)n1. The van der Waals surface area contributed by atoms with Crippen LogP contribution in [0.4, 0.5) is 0 Å². The van der Waals surface area contributed by atoms with Gasteiger partial charge in [-0.2, -0.15) is 0 Å². The molecular formula is C20H30N2O4. The number of esters is 1. The molecule has 0 aliphatic heterocycles. The average Bonchev–Trinajstić information content (AvgIpc) is 2.95. The molecule has 0 N–H and O–H groups in total. The van der Waals surface area contributed by atoms with Gasteiger partial charge in [-0.05, 0) is 46.0 Å². The fourth-order valence-corrected chi connectivity index (χ4v) is 2.73. The van der Waals surface area contributed by atoms with Crippen LogP contribution in [0.15, 0.2) is 22.8 Å². The van der Waals surface area contributed by atoms with Gasteiger partial charge in [0.1, 0.15) is 11.9 Å². The van der Waals surface area contributed by atoms with E-state index in [2.05, 4.69) is 17.1 Å². The highest BCUT2D eigenvalue weighted by Gasteiger charge is 2.26. The molecule has 1 aromatic heterocycles. The van der Waals surface area contributed by atoms with E-state index in [0.29, 0.717) is 18.2 Å². The Kier molecular flexibility index (Phi) is 6.62. The highest BCUT2D eigenvalue weighted by atomic mass is 16.6. The molecule has 1 aliphatic carbocycles. The summed E-state index contributed by atoms with van der Waals surface area (Å²) in [5.41, 5.74) is -0.284. The van der Waals surface area contributed by atoms with Crippen molar-refractivity contribution in [1.82, 2.24) is 9.88 Å². The van der Waals surface area contributed by atoms with Gasteiger partial charge in [-0.3, -0.25) is 9.59 Å². The first-order valence-electron chi connectivity index (χ1n) is 9.21. The summed E-state index contributed by atoms with van der Waals surface area (Å²) in [5, 5.41) is 0. The van der Waals surface area contributed by atoms with E-state index in [0.717, 1.165) is 0 Å². The minimum absolute atomic E-state index is 0.169. The van der Waals surface area contributed by atoms with E-state index in [1.807, 2.05) is 20.8 Å². The van der Waals surface area contributed by atoms with Gasteiger partial charge in [0.2, 0.25) is 0 Å². The summed E-state index contributed by atoms with van der Waals surface area (Å²) in [6.45, 7) is 5.53. The molecule has 6 heteroatoms. The van der Waals surface area contributed by atoms with E-state index < -0.39 is 5.60 Å². The van der Waals surface area contributed by atoms with Crippen LogP contribution in [0.3, 0.4) is 0 Å². The van der Waals surface area contributed by atoms with Crippen LogP contribution in [0.25, 0.3) is 0 Å². The minimum atomic E-state index is -0.536. The van der Waals surface area contributed by atoms with Crippen molar-refractivity contribution in [2.45, 2.75) is 64.4 Å². The summed E-state index contributed by atoms with van der Waals surface area (Å²) in [4.78, 5) is 30.1. The zero-order valence-electron chi connectivity index (χ0n) is 16.4. The van der Waals surface area contributed by atoms with Crippen LogP contribution in [0.2, 0.25) is 0 Å². The molecule has 1 aromatic rings. The van der Waals surface area contributed by atoms with E-state index in [9.17, 15) is 9.59 Å². The van der Waals surface area contributed by atoms with Gasteiger partial charge in [0, 0.05) is 20.0 Å². The molecule has 0 aromatic carbocycles. The summed E-state index contributed by atoms with van der Waals surface area (Å²) >= 11 is 0. The van der Waals surface area contributed by atoms with Gasteiger partial charge in [0.25, 0.3) is 5.91 Å². The molecule has 1 fully saturated rings. The zero-order chi connectivity index (χ0) is 19.3. The lowest BCUT2D eigenvalue weighted by Crippen LogP contribution is -2.25. The number of carbonyl (C=O) groups excluding carboxylic acids is 2. The van der Waals surface area contributed by atoms with Gasteiger partial charge in [-0.25, -0.2) is 4.98 Å². The van der Waals surface area contributed by atoms with Gasteiger partial charge < -0.3 is 14.1 Å². The maximum atomic E-state index is 12.3. The summed E-state index contributed by atoms with van der Waals surface area (Å²) in [6, 6.07) is 0. The summed E-state index contributed by atoms with van der Waals surface area (Å²) in [7, 11) is 3.33. The van der Waals surface area contributed by atoms with Gasteiger partial charge in [0.15, 0.2) is 11.6 Å². The Morgan fingerprint density at radius 1 is 1.38 bits per heavy atom. The van der Waals surface area contributed by atoms with Gasteiger partial charge in [-0.1, -0.05) is 18.6 Å². The Hall–Kier alpha value is -2.11. The van der Waals surface area contributed by atoms with Crippen LogP contribution in [-0.4, -0.2) is 41.5 Å². The first-order valence-corrected chi connectivity index (χ1v) is 9.21. The molecule has 26 heavy (non-hydrogen) atoms. The number of nitrogens with zero attached hydrogens (tertiary/aromatic N) is 2. The van der Waals surface area contributed by atoms with Crippen molar-refractivity contribution >= 4 is 11.9 Å². The topological polar surface area (TPSA) is 72.6 Å². The average molecular weight is 362 g/mol. The molecule has 0 saturated heterocycles. The quantitative estimate of drug-likeness (QED) is 0.543. The van der Waals surface area contributed by atoms with E-state index in [1.165, 1.54) is 30.4 Å². The lowest BCUT2D eigenvalue weighted by atomic mass is 9.85. The molecular weight excluding hydrogens is 332 g/mol. The van der Waals surface area contributed by atoms with Crippen LogP contribution in [0.5, 0.6) is 0 Å². The van der Waals surface area contributed by atoms with Crippen molar-refractivity contribution in [1.29, 1.82) is 0 Å². The number of oxazole rings is 1. The fraction of sp³-hybridized carbons (Fsp3) is 0.650. The van der Waals surface area contributed by atoms with Gasteiger partial charge in [0.05, 0.1) is 6.42 Å². The van der Waals surface area contributed by atoms with Crippen LogP contribution >= 0.6 is 0 Å². The second-order valence-corrected chi connectivity index (χ2v) is 8.11. The predicted molar refractivity (Wildman–Crippen MR) is 98.8 cm³/mol. The number of amides is 1. The van der Waals surface area contributed by atoms with Crippen molar-refractivity contribution < 1.29 is 18.7 Å². The number of ether oxygens (including phenoxy) is 1. The number of hydrogen-bond acceptors (Lipinski definition) is 5. The third kappa shape index (κ3) is 6.00. The summed E-state index contributed by atoms with van der Waals surface area (Å²) in [6.07, 6.45) is 10.2. The molecule has 6 nitrogen and oxygen atoms in total. The van der Waals surface area contributed by atoms with Crippen molar-refractivity contribution in [2.75, 3.05) is 14.1 Å². The standard InChI is InChI=1S/C20H30N2O4/c1-20(2,3)26-17(23)12-15(11-7-10-14-8-6-9-14)18-21-16(13-25-18)19(24)22(4)5/h7,10,13-15H,6,8-9,11-12H2,1-5H3/t15-/m1/s1. The maximum absolute atomic E-state index is 12.3. The third-order valence-electron chi connectivity index (χ3n) is 4.31.